The number of rotatable bonds is 3. The predicted molar refractivity (Wildman–Crippen MR) is 55.2 cm³/mol. The van der Waals surface area contributed by atoms with Gasteiger partial charge in [-0.1, -0.05) is 0 Å². The Bertz CT molecular complexity index is 390. The van der Waals surface area contributed by atoms with Gasteiger partial charge in [0, 0.05) is 0 Å². The summed E-state index contributed by atoms with van der Waals surface area (Å²) in [7, 11) is 1.75. The van der Waals surface area contributed by atoms with Crippen molar-refractivity contribution in [2.24, 2.45) is 0 Å². The van der Waals surface area contributed by atoms with Crippen LogP contribution in [0.15, 0.2) is 12.1 Å². The first-order valence-corrected chi connectivity index (χ1v) is 4.79. The molecule has 1 atom stereocenters. The summed E-state index contributed by atoms with van der Waals surface area (Å²) in [6, 6.07) is 3.46. The summed E-state index contributed by atoms with van der Waals surface area (Å²) < 4.78 is 10.5. The quantitative estimate of drug-likeness (QED) is 0.756. The van der Waals surface area contributed by atoms with Crippen LogP contribution in [-0.4, -0.2) is 20.1 Å². The van der Waals surface area contributed by atoms with E-state index in [9.17, 15) is 4.79 Å². The average molecular weight is 207 g/mol. The van der Waals surface area contributed by atoms with E-state index in [1.54, 1.807) is 7.05 Å². The van der Waals surface area contributed by atoms with Gasteiger partial charge in [-0.15, -0.1) is 0 Å². The maximum Gasteiger partial charge on any atom is 0.231 e. The Morgan fingerprint density at radius 3 is 2.67 bits per heavy atom. The Labute approximate surface area is 88.2 Å². The van der Waals surface area contributed by atoms with Gasteiger partial charge in [0.15, 0.2) is 11.5 Å². The zero-order valence-electron chi connectivity index (χ0n) is 8.74. The third kappa shape index (κ3) is 1.68. The summed E-state index contributed by atoms with van der Waals surface area (Å²) in [5.41, 5.74) is 1.95. The number of ether oxygens (including phenoxy) is 2. The van der Waals surface area contributed by atoms with Gasteiger partial charge in [-0.3, -0.25) is 0 Å². The minimum Gasteiger partial charge on any atom is -0.454 e. The van der Waals surface area contributed by atoms with Gasteiger partial charge >= 0.3 is 0 Å². The molecule has 1 aliphatic heterocycles. The molecule has 0 fully saturated rings. The molecule has 80 valence electrons. The Kier molecular flexibility index (Phi) is 2.60. The highest BCUT2D eigenvalue weighted by molar-refractivity contribution is 5.64. The van der Waals surface area contributed by atoms with Crippen molar-refractivity contribution in [2.75, 3.05) is 13.8 Å². The molecule has 0 aromatic heterocycles. The summed E-state index contributed by atoms with van der Waals surface area (Å²) in [6.45, 7) is 2.20. The fourth-order valence-corrected chi connectivity index (χ4v) is 1.69. The number of nitrogens with one attached hydrogen (secondary N) is 1. The van der Waals surface area contributed by atoms with Gasteiger partial charge in [0.25, 0.3) is 0 Å². The van der Waals surface area contributed by atoms with Crippen LogP contribution in [-0.2, 0) is 4.79 Å². The van der Waals surface area contributed by atoms with Crippen LogP contribution in [0.1, 0.15) is 17.2 Å². The SMILES string of the molecule is CNC(C=O)c1cc2c(cc1C)OCO2. The molecule has 0 bridgehead atoms. The molecule has 1 aromatic rings. The summed E-state index contributed by atoms with van der Waals surface area (Å²) in [4.78, 5) is 10.9. The van der Waals surface area contributed by atoms with Crippen LogP contribution >= 0.6 is 0 Å². The van der Waals surface area contributed by atoms with Gasteiger partial charge in [0.05, 0.1) is 6.04 Å². The molecule has 4 nitrogen and oxygen atoms in total. The maximum absolute atomic E-state index is 10.9. The molecule has 1 N–H and O–H groups in total. The Hall–Kier alpha value is -1.55. The second-order valence-corrected chi connectivity index (χ2v) is 3.46. The second kappa shape index (κ2) is 3.90. The molecule has 0 radical (unpaired) electrons. The third-order valence-corrected chi connectivity index (χ3v) is 2.54. The molecule has 15 heavy (non-hydrogen) atoms. The average Bonchev–Trinajstić information content (AvgIpc) is 2.67. The lowest BCUT2D eigenvalue weighted by atomic mass is 10.0. The third-order valence-electron chi connectivity index (χ3n) is 2.54. The highest BCUT2D eigenvalue weighted by Crippen LogP contribution is 2.36. The molecule has 1 unspecified atom stereocenters. The Balaban J connectivity index is 2.43. The maximum atomic E-state index is 10.9. The first-order valence-electron chi connectivity index (χ1n) is 4.79. The molecule has 1 aromatic carbocycles. The van der Waals surface area contributed by atoms with Crippen LogP contribution in [0, 0.1) is 6.92 Å². The van der Waals surface area contributed by atoms with E-state index in [1.807, 2.05) is 19.1 Å². The van der Waals surface area contributed by atoms with Crippen LogP contribution in [0.25, 0.3) is 0 Å². The van der Waals surface area contributed by atoms with Crippen molar-refractivity contribution in [3.05, 3.63) is 23.3 Å². The summed E-state index contributed by atoms with van der Waals surface area (Å²) in [5, 5.41) is 2.94. The number of fused-ring (bicyclic) bond motifs is 1. The van der Waals surface area contributed by atoms with Gasteiger partial charge in [-0.2, -0.15) is 0 Å². The van der Waals surface area contributed by atoms with Crippen molar-refractivity contribution in [1.82, 2.24) is 5.32 Å². The smallest absolute Gasteiger partial charge is 0.231 e. The van der Waals surface area contributed by atoms with Crippen LogP contribution in [0.4, 0.5) is 0 Å². The highest BCUT2D eigenvalue weighted by atomic mass is 16.7. The van der Waals surface area contributed by atoms with E-state index in [-0.39, 0.29) is 12.8 Å². The first kappa shape index (κ1) is 9.98. The lowest BCUT2D eigenvalue weighted by Crippen LogP contribution is -2.18. The molecule has 1 aliphatic rings. The van der Waals surface area contributed by atoms with E-state index in [0.29, 0.717) is 5.75 Å². The monoisotopic (exact) mass is 207 g/mol. The molecular weight excluding hydrogens is 194 g/mol. The van der Waals surface area contributed by atoms with E-state index in [4.69, 9.17) is 9.47 Å². The number of hydrogen-bond donors (Lipinski definition) is 1. The molecular formula is C11H13NO3. The van der Waals surface area contributed by atoms with Gasteiger partial charge in [-0.05, 0) is 37.2 Å². The summed E-state index contributed by atoms with van der Waals surface area (Å²) in [5.74, 6) is 1.45. The number of likely N-dealkylation sites (N-methyl/N-ethyl adjacent to an activating group) is 1. The zero-order valence-corrected chi connectivity index (χ0v) is 8.74. The Morgan fingerprint density at radius 1 is 1.40 bits per heavy atom. The number of carbonyl (C=O) groups excluding carboxylic acids is 1. The topological polar surface area (TPSA) is 47.6 Å². The van der Waals surface area contributed by atoms with Crippen molar-refractivity contribution < 1.29 is 14.3 Å². The summed E-state index contributed by atoms with van der Waals surface area (Å²) in [6.07, 6.45) is 0.879. The van der Waals surface area contributed by atoms with E-state index < -0.39 is 0 Å². The Morgan fingerprint density at radius 2 is 2.07 bits per heavy atom. The minimum absolute atomic E-state index is 0.254. The minimum atomic E-state index is -0.292. The highest BCUT2D eigenvalue weighted by Gasteiger charge is 2.19. The van der Waals surface area contributed by atoms with Gasteiger partial charge < -0.3 is 19.6 Å². The molecule has 0 amide bonds. The lowest BCUT2D eigenvalue weighted by molar-refractivity contribution is -0.109. The molecule has 0 spiro atoms. The van der Waals surface area contributed by atoms with Crippen molar-refractivity contribution in [3.63, 3.8) is 0 Å². The molecule has 0 aliphatic carbocycles. The van der Waals surface area contributed by atoms with Crippen LogP contribution in [0.2, 0.25) is 0 Å². The molecule has 2 rings (SSSR count). The van der Waals surface area contributed by atoms with Crippen molar-refractivity contribution in [3.8, 4) is 11.5 Å². The van der Waals surface area contributed by atoms with Gasteiger partial charge in [-0.25, -0.2) is 0 Å². The molecule has 4 heteroatoms. The number of aldehydes is 1. The summed E-state index contributed by atoms with van der Waals surface area (Å²) >= 11 is 0. The second-order valence-electron chi connectivity index (χ2n) is 3.46. The normalized spacial score (nSPS) is 15.1. The number of hydrogen-bond acceptors (Lipinski definition) is 4. The van der Waals surface area contributed by atoms with Crippen molar-refractivity contribution in [2.45, 2.75) is 13.0 Å². The van der Waals surface area contributed by atoms with Gasteiger partial charge in [0.2, 0.25) is 6.79 Å². The van der Waals surface area contributed by atoms with Gasteiger partial charge in [0.1, 0.15) is 6.29 Å². The predicted octanol–water partition coefficient (Wildman–Crippen LogP) is 1.18. The van der Waals surface area contributed by atoms with E-state index in [0.717, 1.165) is 23.2 Å². The fraction of sp³-hybridized carbons (Fsp3) is 0.364. The standard InChI is InChI=1S/C11H13NO3/c1-7-3-10-11(15-6-14-10)4-8(7)9(5-13)12-2/h3-5,9,12H,6H2,1-2H3. The van der Waals surface area contributed by atoms with E-state index in [1.165, 1.54) is 0 Å². The number of carbonyl (C=O) groups is 1. The molecule has 0 saturated heterocycles. The number of benzene rings is 1. The number of aryl methyl sites for hydroxylation is 1. The largest absolute Gasteiger partial charge is 0.454 e. The first-order chi connectivity index (χ1) is 7.26. The van der Waals surface area contributed by atoms with Crippen LogP contribution < -0.4 is 14.8 Å². The fourth-order valence-electron chi connectivity index (χ4n) is 1.69. The van der Waals surface area contributed by atoms with Crippen LogP contribution in [0.3, 0.4) is 0 Å². The molecule has 0 saturated carbocycles. The van der Waals surface area contributed by atoms with Crippen molar-refractivity contribution in [1.29, 1.82) is 0 Å². The van der Waals surface area contributed by atoms with Crippen molar-refractivity contribution >= 4 is 6.29 Å². The van der Waals surface area contributed by atoms with E-state index >= 15 is 0 Å². The zero-order chi connectivity index (χ0) is 10.8. The molecule has 1 heterocycles. The lowest BCUT2D eigenvalue weighted by Gasteiger charge is -2.13. The van der Waals surface area contributed by atoms with E-state index in [2.05, 4.69) is 5.32 Å². The van der Waals surface area contributed by atoms with Crippen LogP contribution in [0.5, 0.6) is 11.5 Å².